The van der Waals surface area contributed by atoms with Gasteiger partial charge in [0.25, 0.3) is 30.4 Å². The zero-order valence-electron chi connectivity index (χ0n) is 35.6. The normalized spacial score (nSPS) is 12.4. The van der Waals surface area contributed by atoms with Gasteiger partial charge in [-0.2, -0.15) is 43.9 Å². The average molecular weight is 1120 g/mol. The number of phenolic OH excluding ortho intramolecular Hbond substituents is 1. The third-order valence-electron chi connectivity index (χ3n) is 9.16. The monoisotopic (exact) mass is 1120 g/mol. The van der Waals surface area contributed by atoms with Crippen molar-refractivity contribution in [3.8, 4) is 16.9 Å². The molecule has 0 aliphatic heterocycles. The number of rotatable bonds is 13. The van der Waals surface area contributed by atoms with Crippen molar-refractivity contribution < 1.29 is 65.4 Å². The summed E-state index contributed by atoms with van der Waals surface area (Å²) in [6.45, 7) is 2.78. The predicted molar refractivity (Wildman–Crippen MR) is 252 cm³/mol. The summed E-state index contributed by atoms with van der Waals surface area (Å²) in [4.78, 5) is -2.78. The molecule has 0 bridgehead atoms. The molecule has 0 fully saturated rings. The van der Waals surface area contributed by atoms with Crippen LogP contribution in [-0.2, 0) is 49.3 Å². The molecular weight excluding hydrogens is 1090 g/mol. The van der Waals surface area contributed by atoms with E-state index in [1.807, 2.05) is 0 Å². The van der Waals surface area contributed by atoms with Crippen molar-refractivity contribution in [3.05, 3.63) is 96.1 Å². The molecule has 0 aliphatic rings. The molecule has 0 unspecified atom stereocenters. The van der Waals surface area contributed by atoms with Crippen molar-refractivity contribution in [2.75, 3.05) is 17.2 Å². The summed E-state index contributed by atoms with van der Waals surface area (Å²) in [6, 6.07) is 17.4. The Hall–Kier alpha value is 1.13. The van der Waals surface area contributed by atoms with E-state index in [0.29, 0.717) is 0 Å². The van der Waals surface area contributed by atoms with Crippen LogP contribution in [-0.4, -0.2) is 282 Å². The average Bonchev–Trinajstić information content (AvgIpc) is 3.16. The fourth-order valence-corrected chi connectivity index (χ4v) is 12.0. The maximum absolute atomic E-state index is 13.4. The van der Waals surface area contributed by atoms with Gasteiger partial charge in [-0.3, -0.25) is 18.2 Å². The summed E-state index contributed by atoms with van der Waals surface area (Å²) in [5.41, 5.74) is 4.38. The Kier molecular flexibility index (Phi) is 23.9. The van der Waals surface area contributed by atoms with Gasteiger partial charge in [-0.15, -0.1) is 10.2 Å². The van der Waals surface area contributed by atoms with E-state index in [2.05, 4.69) is 20.5 Å². The van der Waals surface area contributed by atoms with Crippen molar-refractivity contribution in [1.29, 1.82) is 0 Å². The van der Waals surface area contributed by atoms with Gasteiger partial charge in [-0.1, -0.05) is 48.5 Å². The molecule has 0 amide bonds. The number of fused-ring (bicyclic) bond motifs is 2. The van der Waals surface area contributed by atoms with Crippen LogP contribution < -0.4 is 5.73 Å². The first-order valence-electron chi connectivity index (χ1n) is 17.1. The number of hydrogen-bond donors (Lipinski definition) is 6. The number of benzene rings is 6. The van der Waals surface area contributed by atoms with Crippen molar-refractivity contribution in [2.24, 2.45) is 20.5 Å². The zero-order chi connectivity index (χ0) is 45.7. The second kappa shape index (κ2) is 24.9. The Morgan fingerprint density at radius 2 is 0.864 bits per heavy atom. The maximum Gasteiger partial charge on any atom is 0.319 e. The zero-order valence-corrected chi connectivity index (χ0v) is 53.0. The Morgan fingerprint density at radius 3 is 1.30 bits per heavy atom. The van der Waals surface area contributed by atoms with E-state index in [0.717, 1.165) is 36.4 Å². The molecule has 20 nitrogen and oxygen atoms in total. The summed E-state index contributed by atoms with van der Waals surface area (Å²) < 4.78 is 164. The van der Waals surface area contributed by atoms with Crippen LogP contribution in [0.5, 0.6) is 5.75 Å². The number of sulfone groups is 1. The van der Waals surface area contributed by atoms with Crippen LogP contribution in [0.3, 0.4) is 0 Å². The minimum atomic E-state index is -5.24. The van der Waals surface area contributed by atoms with Crippen LogP contribution >= 0.6 is 10.8 Å². The van der Waals surface area contributed by atoms with E-state index in [-0.39, 0.29) is 277 Å². The van der Waals surface area contributed by atoms with Gasteiger partial charge in [0.2, 0.25) is 0 Å². The Labute approximate surface area is 553 Å². The molecule has 6 aromatic carbocycles. The molecule has 330 valence electrons. The first kappa shape index (κ1) is 63.2. The minimum Gasteiger partial charge on any atom is -0.505 e. The fourth-order valence-electron chi connectivity index (χ4n) is 6.29. The molecule has 0 aliphatic carbocycles. The third kappa shape index (κ3) is 15.1. The molecule has 7 N–H and O–H groups in total. The molecule has 0 heterocycles. The number of nitrogens with two attached hydrogens (primary N) is 1. The SMILES string of the molecule is Cc1cc(-c2cc(C)c(N=Nc3cc(S(=O)(=O)O)c4ccccc4c3O)cc2S(=O)(=O)O)c(S(=O)(=O)O)cc1N=Nc1cc(S(=O)(=O)CCSS(=O)(=O)O)c2ccccc2c1N.[K].[K].[K].[K]. The van der Waals surface area contributed by atoms with E-state index in [1.54, 1.807) is 6.07 Å². The van der Waals surface area contributed by atoms with E-state index in [1.165, 1.54) is 56.3 Å². The first-order chi connectivity index (χ1) is 28.7. The van der Waals surface area contributed by atoms with Crippen molar-refractivity contribution in [3.63, 3.8) is 0 Å². The number of phenols is 1. The molecule has 0 aromatic heterocycles. The van der Waals surface area contributed by atoms with E-state index >= 15 is 0 Å². The molecule has 30 heteroatoms. The van der Waals surface area contributed by atoms with E-state index < -0.39 is 98.1 Å². The van der Waals surface area contributed by atoms with Gasteiger partial charge in [0.05, 0.1) is 27.7 Å². The summed E-state index contributed by atoms with van der Waals surface area (Å²) in [6.07, 6.45) is 0. The summed E-state index contributed by atoms with van der Waals surface area (Å²) in [5, 5.41) is 27.1. The standard InChI is InChI=1S/C36H31N5O15S6.4K/c1-19-13-25(26-14-20(2)28(16-34(26)61(51,52)53)39-41-30-18-32(59(45,46)47)22-8-4-6-10-24(22)36(30)42)33(60(48,49)50)15-27(19)38-40-29-17-31(21-7-3-5-9-23(21)35(29)37)58(43,44)12-11-57-62(54,55)56;;;;/h3-10,13-18,42H,11-12,37H2,1-2H3,(H,45,46,47)(H,48,49,50)(H,51,52,53)(H,54,55,56);;;;. The number of aryl methyl sites for hydroxylation is 2. The van der Waals surface area contributed by atoms with Gasteiger partial charge in [-0.25, -0.2) is 8.42 Å². The van der Waals surface area contributed by atoms with E-state index in [9.17, 15) is 60.9 Å². The number of azo groups is 2. The van der Waals surface area contributed by atoms with Crippen molar-refractivity contribution in [1.82, 2.24) is 0 Å². The number of anilines is 1. The van der Waals surface area contributed by atoms with Gasteiger partial charge in [-0.05, 0) is 72.2 Å². The molecule has 66 heavy (non-hydrogen) atoms. The third-order valence-corrected chi connectivity index (χ3v) is 15.9. The second-order valence-corrected chi connectivity index (χ2v) is 23.0. The largest absolute Gasteiger partial charge is 0.505 e. The van der Waals surface area contributed by atoms with Crippen LogP contribution in [0.25, 0.3) is 32.7 Å². The molecule has 6 rings (SSSR count). The van der Waals surface area contributed by atoms with Gasteiger partial charge in [0, 0.05) is 244 Å². The fraction of sp³-hybridized carbons (Fsp3) is 0.111. The first-order valence-corrected chi connectivity index (χ1v) is 26.0. The van der Waals surface area contributed by atoms with Gasteiger partial charge < -0.3 is 10.8 Å². The van der Waals surface area contributed by atoms with Crippen molar-refractivity contribution in [2.45, 2.75) is 33.4 Å². The van der Waals surface area contributed by atoms with Crippen LogP contribution in [0.15, 0.2) is 125 Å². The topological polar surface area (TPSA) is 347 Å². The molecule has 0 spiro atoms. The molecule has 0 saturated heterocycles. The molecular formula is C36H31K4N5O15S6. The smallest absolute Gasteiger partial charge is 0.319 e. The van der Waals surface area contributed by atoms with Crippen molar-refractivity contribution >= 4 is 316 Å². The van der Waals surface area contributed by atoms with E-state index in [4.69, 9.17) is 10.3 Å². The number of nitrogens with zero attached hydrogens (tertiary/aromatic N) is 4. The number of nitrogen functional groups attached to an aromatic ring is 1. The Morgan fingerprint density at radius 1 is 0.500 bits per heavy atom. The second-order valence-electron chi connectivity index (χ2n) is 13.3. The van der Waals surface area contributed by atoms with Gasteiger partial charge >= 0.3 is 9.15 Å². The predicted octanol–water partition coefficient (Wildman–Crippen LogP) is 5.92. The van der Waals surface area contributed by atoms with Crippen LogP contribution in [0.4, 0.5) is 28.4 Å². The van der Waals surface area contributed by atoms with Crippen LogP contribution in [0, 0.1) is 13.8 Å². The quantitative estimate of drug-likeness (QED) is 0.0257. The maximum atomic E-state index is 13.4. The molecule has 0 saturated carbocycles. The Bertz CT molecular complexity index is 3530. The molecule has 6 aromatic rings. The van der Waals surface area contributed by atoms with Gasteiger partial charge in [0.15, 0.2) is 15.6 Å². The Balaban J connectivity index is 0.00000374. The summed E-state index contributed by atoms with van der Waals surface area (Å²) >= 11 is 0. The number of aromatic hydroxyl groups is 1. The molecule has 0 atom stereocenters. The minimum absolute atomic E-state index is 0. The van der Waals surface area contributed by atoms with Crippen LogP contribution in [0.1, 0.15) is 11.1 Å². The molecule has 4 radical (unpaired) electrons. The van der Waals surface area contributed by atoms with Crippen LogP contribution in [0.2, 0.25) is 0 Å². The summed E-state index contributed by atoms with van der Waals surface area (Å²) in [7, 11) is -24.1. The summed E-state index contributed by atoms with van der Waals surface area (Å²) in [5.74, 6) is -1.79. The van der Waals surface area contributed by atoms with Gasteiger partial charge in [0.1, 0.15) is 26.1 Å². The number of hydrogen-bond acceptors (Lipinski definition) is 17.